The Morgan fingerprint density at radius 1 is 0.808 bits per heavy atom. The Morgan fingerprint density at radius 3 is 1.50 bits per heavy atom. The van der Waals surface area contributed by atoms with Crippen LogP contribution in [0.15, 0.2) is 0 Å². The molecule has 0 aliphatic carbocycles. The minimum absolute atomic E-state index is 0.0000377. The Kier molecular flexibility index (Phi) is 12.0. The van der Waals surface area contributed by atoms with Crippen molar-refractivity contribution in [3.05, 3.63) is 0 Å². The molecule has 0 aliphatic rings. The first kappa shape index (κ1) is 23.8. The molecule has 0 aliphatic heterocycles. The van der Waals surface area contributed by atoms with Crippen molar-refractivity contribution in [1.82, 2.24) is 4.90 Å². The molecule has 150 valence electrons. The Morgan fingerprint density at radius 2 is 1.19 bits per heavy atom. The summed E-state index contributed by atoms with van der Waals surface area (Å²) in [5, 5.41) is 17.1. The van der Waals surface area contributed by atoms with Gasteiger partial charge in [-0.15, -0.1) is 0 Å². The Balaban J connectivity index is 4.48. The number of hydrogen-bond acceptors (Lipinski definition) is 7. The maximum Gasteiger partial charge on any atom is 0.307 e. The summed E-state index contributed by atoms with van der Waals surface area (Å²) in [7, 11) is 0. The molecule has 0 saturated carbocycles. The van der Waals surface area contributed by atoms with Gasteiger partial charge in [-0.2, -0.15) is 0 Å². The van der Waals surface area contributed by atoms with Crippen LogP contribution in [0.5, 0.6) is 0 Å². The lowest BCUT2D eigenvalue weighted by atomic mass is 10.2. The van der Waals surface area contributed by atoms with Crippen molar-refractivity contribution in [1.29, 1.82) is 0 Å². The smallest absolute Gasteiger partial charge is 0.307 e. The van der Waals surface area contributed by atoms with Crippen LogP contribution in [-0.4, -0.2) is 58.0 Å². The van der Waals surface area contributed by atoms with E-state index >= 15 is 0 Å². The molecule has 0 saturated heterocycles. The Bertz CT molecular complexity index is 439. The van der Waals surface area contributed by atoms with Gasteiger partial charge in [0.25, 0.3) is 0 Å². The first-order valence-corrected chi connectivity index (χ1v) is 8.75. The zero-order chi connectivity index (χ0) is 20.1. The molecule has 0 spiro atoms. The van der Waals surface area contributed by atoms with E-state index in [1.165, 1.54) is 0 Å². The first-order chi connectivity index (χ1) is 12.2. The van der Waals surface area contributed by atoms with E-state index in [1.807, 2.05) is 6.92 Å². The van der Waals surface area contributed by atoms with Gasteiger partial charge in [0.15, 0.2) is 12.5 Å². The second-order valence-corrected chi connectivity index (χ2v) is 5.91. The normalized spacial score (nSPS) is 13.1. The lowest BCUT2D eigenvalue weighted by molar-refractivity contribution is -0.180. The molecule has 2 unspecified atom stereocenters. The maximum atomic E-state index is 11.8. The molecule has 9 nitrogen and oxygen atoms in total. The van der Waals surface area contributed by atoms with E-state index < -0.39 is 36.3 Å². The zero-order valence-corrected chi connectivity index (χ0v) is 15.6. The first-order valence-electron chi connectivity index (χ1n) is 8.75. The van der Waals surface area contributed by atoms with Crippen LogP contribution in [0.1, 0.15) is 65.7 Å². The van der Waals surface area contributed by atoms with Gasteiger partial charge in [0.05, 0.1) is 0 Å². The van der Waals surface area contributed by atoms with Crippen LogP contribution < -0.4 is 0 Å². The number of carbonyl (C=O) groups excluding carboxylic acids is 2. The Labute approximate surface area is 153 Å². The van der Waals surface area contributed by atoms with Crippen LogP contribution in [0.4, 0.5) is 0 Å². The molecule has 0 rings (SSSR count). The van der Waals surface area contributed by atoms with E-state index in [-0.39, 0.29) is 38.5 Å². The highest BCUT2D eigenvalue weighted by molar-refractivity contribution is 5.72. The monoisotopic (exact) mass is 375 g/mol. The van der Waals surface area contributed by atoms with Gasteiger partial charge in [-0.05, 0) is 33.1 Å². The van der Waals surface area contributed by atoms with Crippen molar-refractivity contribution in [2.24, 2.45) is 0 Å². The highest BCUT2D eigenvalue weighted by Crippen LogP contribution is 2.13. The summed E-state index contributed by atoms with van der Waals surface area (Å²) in [5.41, 5.74) is 0. The van der Waals surface area contributed by atoms with Crippen LogP contribution in [0.3, 0.4) is 0 Å². The van der Waals surface area contributed by atoms with Crippen LogP contribution in [-0.2, 0) is 28.7 Å². The number of carboxylic acid groups (broad SMARTS) is 2. The highest BCUT2D eigenvalue weighted by atomic mass is 16.6. The van der Waals surface area contributed by atoms with Gasteiger partial charge < -0.3 is 19.7 Å². The Hall–Kier alpha value is -2.16. The van der Waals surface area contributed by atoms with Crippen molar-refractivity contribution in [3.8, 4) is 0 Å². The van der Waals surface area contributed by atoms with E-state index in [4.69, 9.17) is 19.7 Å². The van der Waals surface area contributed by atoms with Gasteiger partial charge in [-0.25, -0.2) is 4.90 Å². The molecule has 0 aromatic rings. The molecular weight excluding hydrogens is 346 g/mol. The molecular formula is C17H29NO8. The lowest BCUT2D eigenvalue weighted by Crippen LogP contribution is -2.45. The van der Waals surface area contributed by atoms with Gasteiger partial charge >= 0.3 is 23.9 Å². The summed E-state index contributed by atoms with van der Waals surface area (Å²) >= 11 is 0. The van der Waals surface area contributed by atoms with Crippen LogP contribution >= 0.6 is 0 Å². The number of rotatable bonds is 14. The zero-order valence-electron chi connectivity index (χ0n) is 15.6. The highest BCUT2D eigenvalue weighted by Gasteiger charge is 2.25. The summed E-state index contributed by atoms with van der Waals surface area (Å²) < 4.78 is 10.6. The SMILES string of the molecule is CCCN(C(C)OC(=O)CCCC(=O)O)C(C)OC(=O)CCCC(=O)O. The van der Waals surface area contributed by atoms with Crippen molar-refractivity contribution in [2.75, 3.05) is 6.54 Å². The van der Waals surface area contributed by atoms with Gasteiger partial charge in [0.1, 0.15) is 0 Å². The predicted molar refractivity (Wildman–Crippen MR) is 91.1 cm³/mol. The molecule has 0 bridgehead atoms. The number of carbonyl (C=O) groups is 4. The van der Waals surface area contributed by atoms with Crippen molar-refractivity contribution < 1.29 is 38.9 Å². The van der Waals surface area contributed by atoms with Gasteiger partial charge in [-0.1, -0.05) is 6.92 Å². The van der Waals surface area contributed by atoms with E-state index in [2.05, 4.69) is 0 Å². The number of esters is 2. The largest absolute Gasteiger partial charge is 0.481 e. The van der Waals surface area contributed by atoms with Gasteiger partial charge in [0, 0.05) is 32.2 Å². The maximum absolute atomic E-state index is 11.8. The summed E-state index contributed by atoms with van der Waals surface area (Å²) in [6.07, 6.45) is -0.366. The van der Waals surface area contributed by atoms with Crippen molar-refractivity contribution >= 4 is 23.9 Å². The average molecular weight is 375 g/mol. The van der Waals surface area contributed by atoms with E-state index in [9.17, 15) is 19.2 Å². The van der Waals surface area contributed by atoms with Crippen LogP contribution in [0.25, 0.3) is 0 Å². The molecule has 0 fully saturated rings. The molecule has 9 heteroatoms. The van der Waals surface area contributed by atoms with Gasteiger partial charge in [-0.3, -0.25) is 19.2 Å². The number of aliphatic carboxylic acids is 2. The average Bonchev–Trinajstić information content (AvgIpc) is 2.51. The van der Waals surface area contributed by atoms with E-state index in [1.54, 1.807) is 18.7 Å². The molecule has 0 aromatic heterocycles. The summed E-state index contributed by atoms with van der Waals surface area (Å²) in [4.78, 5) is 46.2. The predicted octanol–water partition coefficient (Wildman–Crippen LogP) is 1.99. The molecule has 0 radical (unpaired) electrons. The molecule has 2 atom stereocenters. The number of hydrogen-bond donors (Lipinski definition) is 2. The van der Waals surface area contributed by atoms with E-state index in [0.717, 1.165) is 6.42 Å². The topological polar surface area (TPSA) is 130 Å². The minimum atomic E-state index is -0.970. The van der Waals surface area contributed by atoms with Crippen LogP contribution in [0.2, 0.25) is 0 Å². The fraction of sp³-hybridized carbons (Fsp3) is 0.765. The standard InChI is InChI=1S/C17H29NO8/c1-4-11-18(12(2)25-16(23)9-5-7-14(19)20)13(3)26-17(24)10-6-8-15(21)22/h12-13H,4-11H2,1-3H3,(H,19,20)(H,21,22). The third-order valence-corrected chi connectivity index (χ3v) is 3.56. The van der Waals surface area contributed by atoms with Crippen molar-refractivity contribution in [2.45, 2.75) is 78.2 Å². The number of nitrogens with zero attached hydrogens (tertiary/aromatic N) is 1. The third kappa shape index (κ3) is 11.4. The summed E-state index contributed by atoms with van der Waals surface area (Å²) in [6, 6.07) is 0. The third-order valence-electron chi connectivity index (χ3n) is 3.56. The molecule has 0 amide bonds. The molecule has 0 heterocycles. The fourth-order valence-corrected chi connectivity index (χ4v) is 2.32. The number of carboxylic acids is 2. The lowest BCUT2D eigenvalue weighted by Gasteiger charge is -2.33. The second-order valence-electron chi connectivity index (χ2n) is 5.91. The quantitative estimate of drug-likeness (QED) is 0.345. The summed E-state index contributed by atoms with van der Waals surface area (Å²) in [5.74, 6) is -2.97. The van der Waals surface area contributed by atoms with E-state index in [0.29, 0.717) is 6.54 Å². The fourth-order valence-electron chi connectivity index (χ4n) is 2.32. The van der Waals surface area contributed by atoms with Gasteiger partial charge in [0.2, 0.25) is 0 Å². The second kappa shape index (κ2) is 13.1. The number of ether oxygens (including phenoxy) is 2. The van der Waals surface area contributed by atoms with Crippen molar-refractivity contribution in [3.63, 3.8) is 0 Å². The van der Waals surface area contributed by atoms with Crippen LogP contribution in [0, 0.1) is 0 Å². The molecule has 2 N–H and O–H groups in total. The molecule has 26 heavy (non-hydrogen) atoms. The molecule has 0 aromatic carbocycles. The summed E-state index contributed by atoms with van der Waals surface area (Å²) in [6.45, 7) is 5.75. The minimum Gasteiger partial charge on any atom is -0.481 e.